The minimum Gasteiger partial charge on any atom is -0.496 e. The number of hydrogen-bond donors (Lipinski definition) is 2. The molecule has 3 nitrogen and oxygen atoms in total. The fourth-order valence-corrected chi connectivity index (χ4v) is 3.54. The lowest BCUT2D eigenvalue weighted by atomic mass is 10.0. The maximum absolute atomic E-state index is 5.44. The van der Waals surface area contributed by atoms with Crippen molar-refractivity contribution >= 4 is 0 Å². The first-order valence-electron chi connectivity index (χ1n) is 9.00. The van der Waals surface area contributed by atoms with Crippen LogP contribution in [0.25, 0.3) is 0 Å². The Morgan fingerprint density at radius 2 is 1.71 bits per heavy atom. The standard InChI is InChI=1S/C21H28N2O/c1-24-21-14-8-5-11-18(21)15-22-16-20(17-9-3-2-4-10-17)23-19-12-6-7-13-19/h2-5,8-11,14,19-20,22-23H,6-7,12-13,15-16H2,1H3. The molecule has 1 saturated carbocycles. The van der Waals surface area contributed by atoms with E-state index < -0.39 is 0 Å². The van der Waals surface area contributed by atoms with E-state index in [1.54, 1.807) is 7.11 Å². The van der Waals surface area contributed by atoms with Gasteiger partial charge in [-0.2, -0.15) is 0 Å². The molecular weight excluding hydrogens is 296 g/mol. The minimum atomic E-state index is 0.351. The molecule has 1 fully saturated rings. The highest BCUT2D eigenvalue weighted by atomic mass is 16.5. The van der Waals surface area contributed by atoms with E-state index in [9.17, 15) is 0 Å². The fourth-order valence-electron chi connectivity index (χ4n) is 3.54. The largest absolute Gasteiger partial charge is 0.496 e. The molecule has 2 aromatic carbocycles. The number of para-hydroxylation sites is 1. The molecule has 1 aliphatic carbocycles. The summed E-state index contributed by atoms with van der Waals surface area (Å²) in [6, 6.07) is 20.0. The van der Waals surface area contributed by atoms with E-state index in [4.69, 9.17) is 4.74 Å². The highest BCUT2D eigenvalue weighted by Crippen LogP contribution is 2.22. The van der Waals surface area contributed by atoms with Gasteiger partial charge in [0.15, 0.2) is 0 Å². The summed E-state index contributed by atoms with van der Waals surface area (Å²) < 4.78 is 5.44. The second kappa shape index (κ2) is 8.86. The summed E-state index contributed by atoms with van der Waals surface area (Å²) in [6.45, 7) is 1.73. The summed E-state index contributed by atoms with van der Waals surface area (Å²) in [5.74, 6) is 0.949. The molecule has 24 heavy (non-hydrogen) atoms. The maximum Gasteiger partial charge on any atom is 0.123 e. The predicted molar refractivity (Wildman–Crippen MR) is 99.3 cm³/mol. The molecule has 0 radical (unpaired) electrons. The van der Waals surface area contributed by atoms with Crippen LogP contribution < -0.4 is 15.4 Å². The number of benzene rings is 2. The second-order valence-electron chi connectivity index (χ2n) is 6.55. The average Bonchev–Trinajstić information content (AvgIpc) is 3.15. The Labute approximate surface area is 145 Å². The van der Waals surface area contributed by atoms with Gasteiger partial charge in [0.05, 0.1) is 7.11 Å². The SMILES string of the molecule is COc1ccccc1CNCC(NC1CCCC1)c1ccccc1. The number of hydrogen-bond acceptors (Lipinski definition) is 3. The summed E-state index contributed by atoms with van der Waals surface area (Å²) in [5, 5.41) is 7.46. The molecule has 0 bridgehead atoms. The number of rotatable bonds is 8. The van der Waals surface area contributed by atoms with Gasteiger partial charge in [-0.25, -0.2) is 0 Å². The molecule has 1 atom stereocenters. The van der Waals surface area contributed by atoms with Gasteiger partial charge in [0.1, 0.15) is 5.75 Å². The maximum atomic E-state index is 5.44. The van der Waals surface area contributed by atoms with Crippen LogP contribution in [0, 0.1) is 0 Å². The molecule has 2 N–H and O–H groups in total. The summed E-state index contributed by atoms with van der Waals surface area (Å²) in [6.07, 6.45) is 5.31. The number of nitrogens with one attached hydrogen (secondary N) is 2. The first-order chi connectivity index (χ1) is 11.9. The summed E-state index contributed by atoms with van der Waals surface area (Å²) >= 11 is 0. The van der Waals surface area contributed by atoms with E-state index in [1.807, 2.05) is 12.1 Å². The van der Waals surface area contributed by atoms with Crippen LogP contribution in [-0.2, 0) is 6.54 Å². The van der Waals surface area contributed by atoms with E-state index in [0.29, 0.717) is 12.1 Å². The van der Waals surface area contributed by atoms with Crippen molar-refractivity contribution in [1.29, 1.82) is 0 Å². The Morgan fingerprint density at radius 1 is 1.00 bits per heavy atom. The van der Waals surface area contributed by atoms with Gasteiger partial charge in [0, 0.05) is 30.7 Å². The summed E-state index contributed by atoms with van der Waals surface area (Å²) in [4.78, 5) is 0. The average molecular weight is 324 g/mol. The van der Waals surface area contributed by atoms with E-state index in [-0.39, 0.29) is 0 Å². The van der Waals surface area contributed by atoms with Crippen molar-refractivity contribution in [3.8, 4) is 5.75 Å². The quantitative estimate of drug-likeness (QED) is 0.768. The van der Waals surface area contributed by atoms with Crippen LogP contribution in [0.1, 0.15) is 42.9 Å². The van der Waals surface area contributed by atoms with Gasteiger partial charge >= 0.3 is 0 Å². The van der Waals surface area contributed by atoms with Crippen molar-refractivity contribution in [2.45, 2.75) is 44.3 Å². The molecule has 1 unspecified atom stereocenters. The van der Waals surface area contributed by atoms with Crippen LogP contribution in [0.15, 0.2) is 54.6 Å². The van der Waals surface area contributed by atoms with Gasteiger partial charge in [-0.05, 0) is 24.5 Å². The van der Waals surface area contributed by atoms with Gasteiger partial charge in [0.2, 0.25) is 0 Å². The van der Waals surface area contributed by atoms with E-state index >= 15 is 0 Å². The lowest BCUT2D eigenvalue weighted by Crippen LogP contribution is -2.37. The van der Waals surface area contributed by atoms with Gasteiger partial charge < -0.3 is 15.4 Å². The third kappa shape index (κ3) is 4.59. The Hall–Kier alpha value is -1.84. The highest BCUT2D eigenvalue weighted by Gasteiger charge is 2.20. The van der Waals surface area contributed by atoms with Gasteiger partial charge in [-0.1, -0.05) is 61.4 Å². The molecule has 128 valence electrons. The molecule has 1 aliphatic rings. The highest BCUT2D eigenvalue weighted by molar-refractivity contribution is 5.33. The molecular formula is C21H28N2O. The molecule has 0 saturated heterocycles. The van der Waals surface area contributed by atoms with Crippen molar-refractivity contribution in [1.82, 2.24) is 10.6 Å². The van der Waals surface area contributed by atoms with Gasteiger partial charge in [-0.15, -0.1) is 0 Å². The molecule has 0 amide bonds. The van der Waals surface area contributed by atoms with Crippen LogP contribution in [0.3, 0.4) is 0 Å². The Balaban J connectivity index is 1.61. The first kappa shape index (κ1) is 17.0. The lowest BCUT2D eigenvalue weighted by molar-refractivity contribution is 0.400. The van der Waals surface area contributed by atoms with Crippen molar-refractivity contribution in [2.24, 2.45) is 0 Å². The topological polar surface area (TPSA) is 33.3 Å². The first-order valence-corrected chi connectivity index (χ1v) is 9.00. The van der Waals surface area contributed by atoms with Crippen LogP contribution >= 0.6 is 0 Å². The molecule has 0 aromatic heterocycles. The molecule has 0 heterocycles. The van der Waals surface area contributed by atoms with Crippen LogP contribution in [0.4, 0.5) is 0 Å². The van der Waals surface area contributed by atoms with Crippen LogP contribution in [0.5, 0.6) is 5.75 Å². The van der Waals surface area contributed by atoms with Crippen molar-refractivity contribution in [3.05, 3.63) is 65.7 Å². The summed E-state index contributed by atoms with van der Waals surface area (Å²) in [7, 11) is 1.73. The zero-order valence-electron chi connectivity index (χ0n) is 14.5. The molecule has 0 aliphatic heterocycles. The molecule has 3 rings (SSSR count). The van der Waals surface area contributed by atoms with E-state index in [0.717, 1.165) is 18.8 Å². The zero-order chi connectivity index (χ0) is 16.6. The Kier molecular flexibility index (Phi) is 6.27. The fraction of sp³-hybridized carbons (Fsp3) is 0.429. The van der Waals surface area contributed by atoms with E-state index in [2.05, 4.69) is 53.1 Å². The van der Waals surface area contributed by atoms with Crippen LogP contribution in [0.2, 0.25) is 0 Å². The normalized spacial score (nSPS) is 16.2. The Morgan fingerprint density at radius 3 is 2.46 bits per heavy atom. The zero-order valence-corrected chi connectivity index (χ0v) is 14.5. The van der Waals surface area contributed by atoms with Crippen LogP contribution in [-0.4, -0.2) is 19.7 Å². The number of ether oxygens (including phenoxy) is 1. The number of methoxy groups -OCH3 is 1. The third-order valence-electron chi connectivity index (χ3n) is 4.85. The monoisotopic (exact) mass is 324 g/mol. The van der Waals surface area contributed by atoms with Crippen molar-refractivity contribution in [2.75, 3.05) is 13.7 Å². The molecule has 2 aromatic rings. The predicted octanol–water partition coefficient (Wildman–Crippen LogP) is 4.06. The van der Waals surface area contributed by atoms with Gasteiger partial charge in [-0.3, -0.25) is 0 Å². The van der Waals surface area contributed by atoms with E-state index in [1.165, 1.54) is 36.8 Å². The molecule has 3 heteroatoms. The summed E-state index contributed by atoms with van der Waals surface area (Å²) in [5.41, 5.74) is 2.56. The lowest BCUT2D eigenvalue weighted by Gasteiger charge is -2.24. The second-order valence-corrected chi connectivity index (χ2v) is 6.55. The minimum absolute atomic E-state index is 0.351. The van der Waals surface area contributed by atoms with Crippen molar-refractivity contribution in [3.63, 3.8) is 0 Å². The third-order valence-corrected chi connectivity index (χ3v) is 4.85. The van der Waals surface area contributed by atoms with Crippen molar-refractivity contribution < 1.29 is 4.74 Å². The Bertz CT molecular complexity index is 608. The smallest absolute Gasteiger partial charge is 0.123 e. The molecule has 0 spiro atoms. The van der Waals surface area contributed by atoms with Gasteiger partial charge in [0.25, 0.3) is 0 Å².